The number of aromatic nitrogens is 1. The van der Waals surface area contributed by atoms with Crippen molar-refractivity contribution in [2.45, 2.75) is 4.90 Å². The predicted molar refractivity (Wildman–Crippen MR) is 60.6 cm³/mol. The van der Waals surface area contributed by atoms with E-state index in [0.29, 0.717) is 5.56 Å². The first-order chi connectivity index (χ1) is 8.11. The third kappa shape index (κ3) is 2.31. The average molecular weight is 253 g/mol. The first-order valence-corrected chi connectivity index (χ1v) is 5.88. The molecule has 17 heavy (non-hydrogen) atoms. The van der Waals surface area contributed by atoms with Crippen molar-refractivity contribution < 1.29 is 18.8 Å². The lowest BCUT2D eigenvalue weighted by atomic mass is 10.1. The summed E-state index contributed by atoms with van der Waals surface area (Å²) in [5.41, 5.74) is 0.300. The maximum atomic E-state index is 13.1. The molecule has 0 unspecified atom stereocenters. The molecule has 1 aromatic carbocycles. The maximum absolute atomic E-state index is 13.1. The normalized spacial score (nSPS) is 10.5. The van der Waals surface area contributed by atoms with Crippen LogP contribution in [0.25, 0.3) is 11.3 Å². The summed E-state index contributed by atoms with van der Waals surface area (Å²) in [6.07, 6.45) is 1.84. The Morgan fingerprint density at radius 1 is 1.47 bits per heavy atom. The van der Waals surface area contributed by atoms with Crippen LogP contribution in [0.15, 0.2) is 33.7 Å². The van der Waals surface area contributed by atoms with Gasteiger partial charge < -0.3 is 9.63 Å². The first-order valence-electron chi connectivity index (χ1n) is 4.65. The van der Waals surface area contributed by atoms with Gasteiger partial charge in [0.25, 0.3) is 0 Å². The van der Waals surface area contributed by atoms with Crippen LogP contribution in [0.2, 0.25) is 0 Å². The van der Waals surface area contributed by atoms with Crippen molar-refractivity contribution in [2.75, 3.05) is 6.26 Å². The number of halogens is 1. The highest BCUT2D eigenvalue weighted by molar-refractivity contribution is 7.98. The number of thioether (sulfide) groups is 1. The number of benzene rings is 1. The third-order valence-corrected chi connectivity index (χ3v) is 2.95. The first kappa shape index (κ1) is 11.7. The van der Waals surface area contributed by atoms with Gasteiger partial charge in [-0.25, -0.2) is 9.18 Å². The fourth-order valence-electron chi connectivity index (χ4n) is 1.38. The van der Waals surface area contributed by atoms with Gasteiger partial charge in [-0.05, 0) is 24.5 Å². The number of hydrogen-bond donors (Lipinski definition) is 1. The van der Waals surface area contributed by atoms with Gasteiger partial charge >= 0.3 is 5.97 Å². The van der Waals surface area contributed by atoms with E-state index in [2.05, 4.69) is 5.16 Å². The quantitative estimate of drug-likeness (QED) is 0.852. The molecule has 0 fully saturated rings. The van der Waals surface area contributed by atoms with E-state index in [-0.39, 0.29) is 11.5 Å². The van der Waals surface area contributed by atoms with Crippen LogP contribution in [0.4, 0.5) is 4.39 Å². The number of carboxylic acids is 1. The third-order valence-electron chi connectivity index (χ3n) is 2.16. The Bertz CT molecular complexity index is 568. The predicted octanol–water partition coefficient (Wildman–Crippen LogP) is 2.90. The molecule has 0 saturated carbocycles. The minimum atomic E-state index is -1.18. The van der Waals surface area contributed by atoms with E-state index in [0.717, 1.165) is 4.90 Å². The molecule has 0 spiro atoms. The zero-order valence-corrected chi connectivity index (χ0v) is 9.62. The van der Waals surface area contributed by atoms with Crippen LogP contribution >= 0.6 is 11.8 Å². The van der Waals surface area contributed by atoms with Crippen molar-refractivity contribution >= 4 is 17.7 Å². The van der Waals surface area contributed by atoms with Gasteiger partial charge in [0, 0.05) is 16.5 Å². The Labute approximate surface area is 100 Å². The van der Waals surface area contributed by atoms with E-state index in [1.807, 2.05) is 6.26 Å². The van der Waals surface area contributed by atoms with Gasteiger partial charge in [-0.1, -0.05) is 5.16 Å². The zero-order valence-electron chi connectivity index (χ0n) is 8.81. The number of rotatable bonds is 3. The maximum Gasteiger partial charge on any atom is 0.358 e. The van der Waals surface area contributed by atoms with Crippen molar-refractivity contribution in [1.82, 2.24) is 5.16 Å². The van der Waals surface area contributed by atoms with Crippen LogP contribution in [0, 0.1) is 5.82 Å². The molecule has 1 heterocycles. The highest BCUT2D eigenvalue weighted by atomic mass is 32.2. The van der Waals surface area contributed by atoms with Gasteiger partial charge in [0.15, 0.2) is 11.5 Å². The van der Waals surface area contributed by atoms with Crippen LogP contribution < -0.4 is 0 Å². The van der Waals surface area contributed by atoms with Crippen LogP contribution in [-0.2, 0) is 0 Å². The fourth-order valence-corrected chi connectivity index (χ4v) is 1.96. The van der Waals surface area contributed by atoms with Gasteiger partial charge in [0.05, 0.1) is 0 Å². The lowest BCUT2D eigenvalue weighted by Gasteiger charge is -2.02. The van der Waals surface area contributed by atoms with Crippen molar-refractivity contribution in [2.24, 2.45) is 0 Å². The molecule has 0 atom stereocenters. The molecule has 1 N–H and O–H groups in total. The second-order valence-electron chi connectivity index (χ2n) is 3.23. The summed E-state index contributed by atoms with van der Waals surface area (Å²) < 4.78 is 18.0. The summed E-state index contributed by atoms with van der Waals surface area (Å²) in [4.78, 5) is 11.5. The Balaban J connectivity index is 2.51. The lowest BCUT2D eigenvalue weighted by molar-refractivity contribution is 0.0686. The second-order valence-corrected chi connectivity index (χ2v) is 4.07. The van der Waals surface area contributed by atoms with E-state index in [1.165, 1.54) is 30.0 Å². The molecular formula is C11H8FNO3S. The summed E-state index contributed by atoms with van der Waals surface area (Å²) in [6, 6.07) is 5.51. The molecule has 0 amide bonds. The van der Waals surface area contributed by atoms with E-state index in [4.69, 9.17) is 9.63 Å². The summed E-state index contributed by atoms with van der Waals surface area (Å²) >= 11 is 1.41. The molecular weight excluding hydrogens is 245 g/mol. The number of carbonyl (C=O) groups is 1. The van der Waals surface area contributed by atoms with Crippen LogP contribution in [0.5, 0.6) is 0 Å². The van der Waals surface area contributed by atoms with E-state index >= 15 is 0 Å². The molecule has 4 nitrogen and oxygen atoms in total. The Kier molecular flexibility index (Phi) is 3.14. The Morgan fingerprint density at radius 2 is 2.24 bits per heavy atom. The largest absolute Gasteiger partial charge is 0.476 e. The minimum Gasteiger partial charge on any atom is -0.476 e. The van der Waals surface area contributed by atoms with E-state index in [1.54, 1.807) is 6.07 Å². The molecule has 0 aliphatic heterocycles. The van der Waals surface area contributed by atoms with Gasteiger partial charge in [-0.3, -0.25) is 0 Å². The Morgan fingerprint density at radius 3 is 2.82 bits per heavy atom. The van der Waals surface area contributed by atoms with Crippen molar-refractivity contribution in [3.63, 3.8) is 0 Å². The number of carboxylic acid groups (broad SMARTS) is 1. The fraction of sp³-hybridized carbons (Fsp3) is 0.0909. The van der Waals surface area contributed by atoms with Gasteiger partial charge in [0.2, 0.25) is 0 Å². The second kappa shape index (κ2) is 4.58. The SMILES string of the molecule is CSc1ccc(F)cc1-c1cc(C(=O)O)no1. The highest BCUT2D eigenvalue weighted by Gasteiger charge is 2.15. The van der Waals surface area contributed by atoms with Crippen LogP contribution in [0.1, 0.15) is 10.5 Å². The minimum absolute atomic E-state index is 0.198. The monoisotopic (exact) mass is 253 g/mol. The summed E-state index contributed by atoms with van der Waals surface area (Å²) in [5, 5.41) is 12.1. The van der Waals surface area contributed by atoms with Crippen molar-refractivity contribution in [3.8, 4) is 11.3 Å². The van der Waals surface area contributed by atoms with Gasteiger partial charge in [-0.15, -0.1) is 11.8 Å². The van der Waals surface area contributed by atoms with Gasteiger partial charge in [-0.2, -0.15) is 0 Å². The summed E-state index contributed by atoms with van der Waals surface area (Å²) in [5.74, 6) is -1.35. The molecule has 2 aromatic rings. The van der Waals surface area contributed by atoms with Gasteiger partial charge in [0.1, 0.15) is 5.82 Å². The summed E-state index contributed by atoms with van der Waals surface area (Å²) in [7, 11) is 0. The molecule has 88 valence electrons. The zero-order chi connectivity index (χ0) is 12.4. The summed E-state index contributed by atoms with van der Waals surface area (Å²) in [6.45, 7) is 0. The molecule has 1 aromatic heterocycles. The van der Waals surface area contributed by atoms with E-state index in [9.17, 15) is 9.18 Å². The lowest BCUT2D eigenvalue weighted by Crippen LogP contribution is -1.94. The Hall–Kier alpha value is -1.82. The van der Waals surface area contributed by atoms with Crippen molar-refractivity contribution in [3.05, 3.63) is 35.8 Å². The average Bonchev–Trinajstić information content (AvgIpc) is 2.78. The molecule has 0 aliphatic rings. The van der Waals surface area contributed by atoms with E-state index < -0.39 is 11.8 Å². The molecule has 0 aliphatic carbocycles. The standard InChI is InChI=1S/C11H8FNO3S/c1-17-10-3-2-6(12)4-7(10)9-5-8(11(14)15)13-16-9/h2-5H,1H3,(H,14,15). The molecule has 0 saturated heterocycles. The van der Waals surface area contributed by atoms with Crippen LogP contribution in [0.3, 0.4) is 0 Å². The molecule has 0 bridgehead atoms. The molecule has 2 rings (SSSR count). The van der Waals surface area contributed by atoms with Crippen molar-refractivity contribution in [1.29, 1.82) is 0 Å². The number of hydrogen-bond acceptors (Lipinski definition) is 4. The molecule has 6 heteroatoms. The molecule has 0 radical (unpaired) electrons. The number of nitrogens with zero attached hydrogens (tertiary/aromatic N) is 1. The number of aromatic carboxylic acids is 1. The van der Waals surface area contributed by atoms with Crippen LogP contribution in [-0.4, -0.2) is 22.5 Å². The highest BCUT2D eigenvalue weighted by Crippen LogP contribution is 2.31. The smallest absolute Gasteiger partial charge is 0.358 e. The topological polar surface area (TPSA) is 63.3 Å².